The number of hydrogen-bond donors (Lipinski definition) is 1. The minimum absolute atomic E-state index is 0.0118. The van der Waals surface area contributed by atoms with Gasteiger partial charge in [0.1, 0.15) is 0 Å². The van der Waals surface area contributed by atoms with E-state index in [0.29, 0.717) is 27.9 Å². The van der Waals surface area contributed by atoms with Gasteiger partial charge in [0.05, 0.1) is 28.7 Å². The van der Waals surface area contributed by atoms with Gasteiger partial charge in [-0.15, -0.1) is 0 Å². The second kappa shape index (κ2) is 10.2. The number of alkyl halides is 3. The Bertz CT molecular complexity index is 1400. The van der Waals surface area contributed by atoms with Crippen LogP contribution in [0.5, 0.6) is 0 Å². The van der Waals surface area contributed by atoms with Crippen molar-refractivity contribution in [1.82, 2.24) is 14.7 Å². The third kappa shape index (κ3) is 5.56. The largest absolute Gasteiger partial charge is 0.416 e. The number of amides is 2. The molecule has 1 aliphatic carbocycles. The van der Waals surface area contributed by atoms with E-state index in [0.717, 1.165) is 43.5 Å². The van der Waals surface area contributed by atoms with E-state index in [9.17, 15) is 22.8 Å². The molecule has 0 radical (unpaired) electrons. The lowest BCUT2D eigenvalue weighted by Crippen LogP contribution is -2.37. The Morgan fingerprint density at radius 1 is 1.16 bits per heavy atom. The normalized spacial score (nSPS) is 22.0. The van der Waals surface area contributed by atoms with Crippen molar-refractivity contribution in [1.29, 1.82) is 0 Å². The van der Waals surface area contributed by atoms with E-state index in [2.05, 4.69) is 5.10 Å². The molecular formula is C26H24ClF3N4O2S. The van der Waals surface area contributed by atoms with E-state index >= 15 is 0 Å². The van der Waals surface area contributed by atoms with Crippen molar-refractivity contribution >= 4 is 51.5 Å². The van der Waals surface area contributed by atoms with Gasteiger partial charge in [0, 0.05) is 23.0 Å². The molecule has 2 aromatic carbocycles. The number of fused-ring (bicyclic) bond motifs is 1. The average molecular weight is 549 g/mol. The first kappa shape index (κ1) is 25.8. The lowest BCUT2D eigenvalue weighted by atomic mass is 9.86. The highest BCUT2D eigenvalue weighted by Crippen LogP contribution is 2.36. The van der Waals surface area contributed by atoms with E-state index in [1.807, 2.05) is 0 Å². The van der Waals surface area contributed by atoms with E-state index in [1.165, 1.54) is 21.7 Å². The Morgan fingerprint density at radius 3 is 2.73 bits per heavy atom. The predicted octanol–water partition coefficient (Wildman–Crippen LogP) is 6.31. The number of carbonyl (C=O) groups excluding carboxylic acids is 2. The zero-order valence-corrected chi connectivity index (χ0v) is 21.2. The van der Waals surface area contributed by atoms with Gasteiger partial charge in [0.25, 0.3) is 11.1 Å². The van der Waals surface area contributed by atoms with Crippen LogP contribution in [-0.4, -0.2) is 38.4 Å². The molecule has 1 saturated carbocycles. The van der Waals surface area contributed by atoms with Gasteiger partial charge < -0.3 is 5.73 Å². The number of imide groups is 1. The summed E-state index contributed by atoms with van der Waals surface area (Å²) >= 11 is 6.70. The van der Waals surface area contributed by atoms with Crippen molar-refractivity contribution in [2.24, 2.45) is 11.7 Å². The molecule has 6 nitrogen and oxygen atoms in total. The second-order valence-electron chi connectivity index (χ2n) is 9.50. The highest BCUT2D eigenvalue weighted by molar-refractivity contribution is 8.18. The Balaban J connectivity index is 1.35. The van der Waals surface area contributed by atoms with E-state index in [-0.39, 0.29) is 40.2 Å². The molecule has 2 fully saturated rings. The van der Waals surface area contributed by atoms with Crippen LogP contribution in [0.4, 0.5) is 18.0 Å². The maximum absolute atomic E-state index is 13.5. The number of carbonyl (C=O) groups is 2. The first-order valence-corrected chi connectivity index (χ1v) is 13.1. The Morgan fingerprint density at radius 2 is 1.97 bits per heavy atom. The van der Waals surface area contributed by atoms with Crippen LogP contribution in [0.15, 0.2) is 47.5 Å². The summed E-state index contributed by atoms with van der Waals surface area (Å²) in [7, 11) is 0. The Labute approximate surface area is 220 Å². The van der Waals surface area contributed by atoms with Crippen molar-refractivity contribution in [3.8, 4) is 0 Å². The van der Waals surface area contributed by atoms with E-state index < -0.39 is 11.7 Å². The first-order valence-electron chi connectivity index (χ1n) is 11.9. The van der Waals surface area contributed by atoms with Gasteiger partial charge >= 0.3 is 6.18 Å². The maximum Gasteiger partial charge on any atom is 0.416 e. The fourth-order valence-electron chi connectivity index (χ4n) is 5.00. The molecule has 1 saturated heterocycles. The molecule has 3 aromatic rings. The number of nitrogens with zero attached hydrogens (tertiary/aromatic N) is 3. The van der Waals surface area contributed by atoms with Gasteiger partial charge in [-0.3, -0.25) is 19.2 Å². The fraction of sp³-hybridized carbons (Fsp3) is 0.346. The monoisotopic (exact) mass is 548 g/mol. The smallest absolute Gasteiger partial charge is 0.328 e. The summed E-state index contributed by atoms with van der Waals surface area (Å²) in [6, 6.07) is 9.08. The van der Waals surface area contributed by atoms with Gasteiger partial charge in [0.2, 0.25) is 0 Å². The molecule has 11 heteroatoms. The van der Waals surface area contributed by atoms with Crippen LogP contribution >= 0.6 is 23.4 Å². The standard InChI is InChI=1S/C26H24ClF3N4O2S/c27-19-6-5-17(21(11-19)26(28,29)30)14-34-22-7-4-15(8-18(22)12-32-34)10-23-24(35)33(25(36)37-23)13-16-2-1-3-20(31)9-16/h4-8,10-12,16,20H,1-3,9,13-14,31H2/b23-10-/t16-,20-/m0/s1. The lowest BCUT2D eigenvalue weighted by molar-refractivity contribution is -0.138. The molecule has 0 unspecified atom stereocenters. The van der Waals surface area contributed by atoms with E-state index in [4.69, 9.17) is 17.3 Å². The van der Waals surface area contributed by atoms with Crippen LogP contribution in [0.1, 0.15) is 42.4 Å². The summed E-state index contributed by atoms with van der Waals surface area (Å²) in [6.45, 7) is 0.296. The maximum atomic E-state index is 13.5. The molecular weight excluding hydrogens is 525 g/mol. The third-order valence-corrected chi connectivity index (χ3v) is 7.94. The Kier molecular flexibility index (Phi) is 7.08. The topological polar surface area (TPSA) is 81.2 Å². The number of rotatable bonds is 5. The highest BCUT2D eigenvalue weighted by atomic mass is 35.5. The third-order valence-electron chi connectivity index (χ3n) is 6.80. The number of aromatic nitrogens is 2. The van der Waals surface area contributed by atoms with Crippen molar-refractivity contribution in [3.05, 3.63) is 69.2 Å². The summed E-state index contributed by atoms with van der Waals surface area (Å²) in [6.07, 6.45) is 2.42. The van der Waals surface area contributed by atoms with Gasteiger partial charge in [-0.25, -0.2) is 0 Å². The molecule has 1 aliphatic heterocycles. The molecule has 2 N–H and O–H groups in total. The van der Waals surface area contributed by atoms with Gasteiger partial charge in [-0.1, -0.05) is 30.2 Å². The summed E-state index contributed by atoms with van der Waals surface area (Å²) in [5.74, 6) is -0.0929. The van der Waals surface area contributed by atoms with Crippen molar-refractivity contribution in [3.63, 3.8) is 0 Å². The first-order chi connectivity index (χ1) is 17.6. The van der Waals surface area contributed by atoms with Crippen LogP contribution in [0, 0.1) is 5.92 Å². The SMILES string of the molecule is N[C@H]1CCC[C@H](CN2C(=O)S/C(=C\c3ccc4c(cnn4Cc4ccc(Cl)cc4C(F)(F)F)c3)C2=O)C1. The molecule has 2 amide bonds. The van der Waals surface area contributed by atoms with Crippen LogP contribution in [0.25, 0.3) is 17.0 Å². The van der Waals surface area contributed by atoms with Crippen molar-refractivity contribution in [2.45, 2.75) is 44.4 Å². The summed E-state index contributed by atoms with van der Waals surface area (Å²) in [5, 5.41) is 4.70. The van der Waals surface area contributed by atoms with Crippen LogP contribution < -0.4 is 5.73 Å². The van der Waals surface area contributed by atoms with Crippen LogP contribution in [0.3, 0.4) is 0 Å². The number of halogens is 4. The summed E-state index contributed by atoms with van der Waals surface area (Å²) in [4.78, 5) is 27.1. The minimum Gasteiger partial charge on any atom is -0.328 e. The molecule has 194 valence electrons. The van der Waals surface area contributed by atoms with Gasteiger partial charge in [0.15, 0.2) is 0 Å². The molecule has 5 rings (SSSR count). The second-order valence-corrected chi connectivity index (χ2v) is 10.9. The molecule has 2 aliphatic rings. The number of hydrogen-bond acceptors (Lipinski definition) is 5. The molecule has 1 aromatic heterocycles. The van der Waals surface area contributed by atoms with E-state index in [1.54, 1.807) is 30.5 Å². The number of benzene rings is 2. The quantitative estimate of drug-likeness (QED) is 0.378. The number of thioether (sulfide) groups is 1. The lowest BCUT2D eigenvalue weighted by Gasteiger charge is -2.28. The van der Waals surface area contributed by atoms with Crippen molar-refractivity contribution < 1.29 is 22.8 Å². The highest BCUT2D eigenvalue weighted by Gasteiger charge is 2.37. The minimum atomic E-state index is -4.54. The summed E-state index contributed by atoms with van der Waals surface area (Å²) in [5.41, 5.74) is 6.64. The fourth-order valence-corrected chi connectivity index (χ4v) is 6.02. The molecule has 0 bridgehead atoms. The zero-order chi connectivity index (χ0) is 26.3. The zero-order valence-electron chi connectivity index (χ0n) is 19.7. The molecule has 2 heterocycles. The number of nitrogens with two attached hydrogens (primary N) is 1. The molecule has 37 heavy (non-hydrogen) atoms. The average Bonchev–Trinajstić information content (AvgIpc) is 3.35. The van der Waals surface area contributed by atoms with Gasteiger partial charge in [-0.2, -0.15) is 18.3 Å². The van der Waals surface area contributed by atoms with Crippen LogP contribution in [-0.2, 0) is 17.5 Å². The van der Waals surface area contributed by atoms with Crippen LogP contribution in [0.2, 0.25) is 5.02 Å². The summed E-state index contributed by atoms with van der Waals surface area (Å²) < 4.78 is 42.0. The molecule has 0 spiro atoms. The molecule has 2 atom stereocenters. The van der Waals surface area contributed by atoms with Crippen molar-refractivity contribution in [2.75, 3.05) is 6.54 Å². The van der Waals surface area contributed by atoms with Gasteiger partial charge in [-0.05, 0) is 78.4 Å². The Hall–Kier alpha value is -2.82. The predicted molar refractivity (Wildman–Crippen MR) is 138 cm³/mol.